The third kappa shape index (κ3) is 7.95. The van der Waals surface area contributed by atoms with Crippen LogP contribution < -0.4 is 0 Å². The van der Waals surface area contributed by atoms with E-state index in [9.17, 15) is 0 Å². The summed E-state index contributed by atoms with van der Waals surface area (Å²) in [5.74, 6) is -7.30. The molecule has 0 radical (unpaired) electrons. The lowest BCUT2D eigenvalue weighted by Gasteiger charge is -1.82. The minimum absolute atomic E-state index is 1.35. The van der Waals surface area contributed by atoms with E-state index in [0.717, 1.165) is 0 Å². The minimum Gasteiger partial charge on any atom is -0.473 e. The Kier molecular flexibility index (Phi) is 7.78. The van der Waals surface area contributed by atoms with Crippen molar-refractivity contribution in [2.24, 2.45) is 0 Å². The minimum atomic E-state index is -1.82. The number of thiophene rings is 1. The lowest BCUT2D eigenvalue weighted by atomic mass is 10.3. The smallest absolute Gasteiger partial charge is 0.414 e. The maximum Gasteiger partial charge on any atom is 0.414 e. The Bertz CT molecular complexity index is 567. The highest BCUT2D eigenvalue weighted by Gasteiger charge is 2.04. The van der Waals surface area contributed by atoms with E-state index in [-0.39, 0.29) is 0 Å². The third-order valence-electron chi connectivity index (χ3n) is 1.73. The molecule has 0 saturated heterocycles. The number of hydrogen-bond donors (Lipinski definition) is 4. The van der Waals surface area contributed by atoms with Crippen LogP contribution in [0.5, 0.6) is 0 Å². The quantitative estimate of drug-likeness (QED) is 0.530. The summed E-state index contributed by atoms with van der Waals surface area (Å²) < 4.78 is 1.37. The predicted molar refractivity (Wildman–Crippen MR) is 72.4 cm³/mol. The normalized spacial score (nSPS) is 8.57. The molecule has 0 aliphatic carbocycles. The number of carboxylic acids is 4. The monoisotopic (exact) mass is 314 g/mol. The highest BCUT2D eigenvalue weighted by atomic mass is 32.1. The van der Waals surface area contributed by atoms with Crippen LogP contribution in [-0.2, 0) is 19.2 Å². The molecule has 0 bridgehead atoms. The molecule has 0 amide bonds. The molecule has 21 heavy (non-hydrogen) atoms. The molecule has 0 aliphatic rings. The first-order chi connectivity index (χ1) is 9.75. The van der Waals surface area contributed by atoms with Crippen molar-refractivity contribution in [3.63, 3.8) is 0 Å². The fourth-order valence-corrected chi connectivity index (χ4v) is 1.70. The van der Waals surface area contributed by atoms with Gasteiger partial charge >= 0.3 is 23.9 Å². The number of aliphatic carboxylic acids is 4. The second-order valence-corrected chi connectivity index (χ2v) is 4.13. The number of benzene rings is 1. The SMILES string of the molecule is O=C(O)C(=O)O.O=C(O)C(=O)O.c1ccc2sccc2c1. The van der Waals surface area contributed by atoms with Crippen LogP contribution in [0, 0.1) is 0 Å². The Labute approximate surface area is 121 Å². The maximum absolute atomic E-state index is 9.10. The Morgan fingerprint density at radius 2 is 1.14 bits per heavy atom. The second-order valence-electron chi connectivity index (χ2n) is 3.18. The van der Waals surface area contributed by atoms with Gasteiger partial charge in [0.05, 0.1) is 0 Å². The third-order valence-corrected chi connectivity index (χ3v) is 2.63. The highest BCUT2D eigenvalue weighted by Crippen LogP contribution is 2.18. The molecule has 112 valence electrons. The summed E-state index contributed by atoms with van der Waals surface area (Å²) in [5, 5.41) is 33.0. The van der Waals surface area contributed by atoms with E-state index in [2.05, 4.69) is 35.7 Å². The van der Waals surface area contributed by atoms with Gasteiger partial charge in [-0.05, 0) is 22.9 Å². The number of hydrogen-bond acceptors (Lipinski definition) is 5. The van der Waals surface area contributed by atoms with Crippen LogP contribution in [-0.4, -0.2) is 44.3 Å². The van der Waals surface area contributed by atoms with Crippen molar-refractivity contribution >= 4 is 45.3 Å². The van der Waals surface area contributed by atoms with Gasteiger partial charge in [-0.15, -0.1) is 11.3 Å². The van der Waals surface area contributed by atoms with E-state index < -0.39 is 23.9 Å². The molecular weight excluding hydrogens is 304 g/mol. The van der Waals surface area contributed by atoms with Gasteiger partial charge in [-0.1, -0.05) is 18.2 Å². The van der Waals surface area contributed by atoms with E-state index in [1.54, 1.807) is 11.3 Å². The molecule has 0 unspecified atom stereocenters. The first kappa shape index (κ1) is 18.1. The fraction of sp³-hybridized carbons (Fsp3) is 0. The Morgan fingerprint density at radius 3 is 1.52 bits per heavy atom. The standard InChI is InChI=1S/C8H6S.2C2H2O4/c1-2-4-8-7(3-1)5-6-9-8;2*3-1(4)2(5)6/h1-6H;2*(H,3,4)(H,5,6). The first-order valence-electron chi connectivity index (χ1n) is 5.10. The summed E-state index contributed by atoms with van der Waals surface area (Å²) in [5.41, 5.74) is 0. The van der Waals surface area contributed by atoms with Crippen LogP contribution in [0.1, 0.15) is 0 Å². The van der Waals surface area contributed by atoms with E-state index in [1.807, 2.05) is 0 Å². The van der Waals surface area contributed by atoms with Crippen LogP contribution in [0.2, 0.25) is 0 Å². The van der Waals surface area contributed by atoms with Gasteiger partial charge in [-0.3, -0.25) is 0 Å². The molecule has 1 aromatic heterocycles. The highest BCUT2D eigenvalue weighted by molar-refractivity contribution is 7.17. The molecule has 4 N–H and O–H groups in total. The van der Waals surface area contributed by atoms with Crippen LogP contribution in [0.25, 0.3) is 10.1 Å². The summed E-state index contributed by atoms with van der Waals surface area (Å²) in [7, 11) is 0. The van der Waals surface area contributed by atoms with Crippen molar-refractivity contribution in [2.75, 3.05) is 0 Å². The Morgan fingerprint density at radius 1 is 0.714 bits per heavy atom. The molecule has 1 heterocycles. The number of rotatable bonds is 0. The molecule has 0 atom stereocenters. The van der Waals surface area contributed by atoms with Gasteiger partial charge in [-0.25, -0.2) is 19.2 Å². The number of fused-ring (bicyclic) bond motifs is 1. The molecule has 0 aliphatic heterocycles. The molecular formula is C12H10O8S. The van der Waals surface area contributed by atoms with Gasteiger partial charge in [0, 0.05) is 4.70 Å². The Hall–Kier alpha value is -2.94. The van der Waals surface area contributed by atoms with Crippen molar-refractivity contribution in [3.8, 4) is 0 Å². The summed E-state index contributed by atoms with van der Waals surface area (Å²) in [4.78, 5) is 36.4. The topological polar surface area (TPSA) is 149 Å². The first-order valence-corrected chi connectivity index (χ1v) is 5.98. The van der Waals surface area contributed by atoms with E-state index in [1.165, 1.54) is 10.1 Å². The fourth-order valence-electron chi connectivity index (χ4n) is 0.906. The summed E-state index contributed by atoms with van der Waals surface area (Å²) in [6, 6.07) is 10.5. The second kappa shape index (κ2) is 9.04. The van der Waals surface area contributed by atoms with Crippen LogP contribution in [0.4, 0.5) is 0 Å². The van der Waals surface area contributed by atoms with E-state index >= 15 is 0 Å². The van der Waals surface area contributed by atoms with Gasteiger partial charge in [0.1, 0.15) is 0 Å². The van der Waals surface area contributed by atoms with Gasteiger partial charge in [0.15, 0.2) is 0 Å². The van der Waals surface area contributed by atoms with Crippen molar-refractivity contribution in [2.45, 2.75) is 0 Å². The number of carbonyl (C=O) groups is 4. The number of carboxylic acid groups (broad SMARTS) is 4. The van der Waals surface area contributed by atoms with Crippen LogP contribution >= 0.6 is 11.3 Å². The van der Waals surface area contributed by atoms with Crippen molar-refractivity contribution in [3.05, 3.63) is 35.7 Å². The van der Waals surface area contributed by atoms with Crippen molar-refractivity contribution in [1.82, 2.24) is 0 Å². The van der Waals surface area contributed by atoms with Crippen molar-refractivity contribution in [1.29, 1.82) is 0 Å². The molecule has 1 aromatic carbocycles. The zero-order chi connectivity index (χ0) is 16.4. The molecule has 0 saturated carbocycles. The average molecular weight is 314 g/mol. The predicted octanol–water partition coefficient (Wildman–Crippen LogP) is 1.21. The summed E-state index contributed by atoms with van der Waals surface area (Å²) >= 11 is 1.79. The molecule has 0 spiro atoms. The lowest BCUT2D eigenvalue weighted by Crippen LogP contribution is -2.09. The largest absolute Gasteiger partial charge is 0.473 e. The maximum atomic E-state index is 9.10. The summed E-state index contributed by atoms with van der Waals surface area (Å²) in [6.07, 6.45) is 0. The lowest BCUT2D eigenvalue weighted by molar-refractivity contribution is -0.159. The van der Waals surface area contributed by atoms with Gasteiger partial charge in [-0.2, -0.15) is 0 Å². The van der Waals surface area contributed by atoms with Crippen molar-refractivity contribution < 1.29 is 39.6 Å². The molecule has 0 fully saturated rings. The zero-order valence-electron chi connectivity index (χ0n) is 10.3. The van der Waals surface area contributed by atoms with Gasteiger partial charge in [0.25, 0.3) is 0 Å². The Balaban J connectivity index is 0.000000300. The van der Waals surface area contributed by atoms with Crippen LogP contribution in [0.3, 0.4) is 0 Å². The molecule has 2 rings (SSSR count). The molecule has 2 aromatic rings. The van der Waals surface area contributed by atoms with E-state index in [4.69, 9.17) is 39.6 Å². The van der Waals surface area contributed by atoms with Crippen LogP contribution in [0.15, 0.2) is 35.7 Å². The molecule has 8 nitrogen and oxygen atoms in total. The molecule has 9 heteroatoms. The average Bonchev–Trinajstić information content (AvgIpc) is 2.88. The summed E-state index contributed by atoms with van der Waals surface area (Å²) in [6.45, 7) is 0. The van der Waals surface area contributed by atoms with Gasteiger partial charge in [0.2, 0.25) is 0 Å². The van der Waals surface area contributed by atoms with E-state index in [0.29, 0.717) is 0 Å². The van der Waals surface area contributed by atoms with Gasteiger partial charge < -0.3 is 20.4 Å². The zero-order valence-corrected chi connectivity index (χ0v) is 11.1.